The first-order valence-corrected chi connectivity index (χ1v) is 9.42. The smallest absolute Gasteiger partial charge is 0.253 e. The highest BCUT2D eigenvalue weighted by Crippen LogP contribution is 2.22. The lowest BCUT2D eigenvalue weighted by Gasteiger charge is -2.13. The second kappa shape index (κ2) is 10.5. The minimum absolute atomic E-state index is 0. The van der Waals surface area contributed by atoms with E-state index in [0.29, 0.717) is 12.1 Å². The molecule has 2 aromatic rings. The number of hydrogen-bond donors (Lipinski definition) is 2. The molecule has 1 amide bonds. The Morgan fingerprint density at radius 3 is 2.21 bits per heavy atom. The first kappa shape index (κ1) is 22.2. The van der Waals surface area contributed by atoms with Crippen LogP contribution in [-0.4, -0.2) is 37.9 Å². The molecule has 5 nitrogen and oxygen atoms in total. The topological polar surface area (TPSA) is 56.7 Å². The number of aryl methyl sites for hydroxylation is 2. The van der Waals surface area contributed by atoms with Gasteiger partial charge in [-0.05, 0) is 53.6 Å². The molecule has 0 radical (unpaired) electrons. The minimum Gasteiger partial charge on any atom is -0.352 e. The molecule has 0 saturated carbocycles. The molecule has 3 rings (SSSR count). The van der Waals surface area contributed by atoms with E-state index in [0.717, 1.165) is 18.1 Å². The van der Waals surface area contributed by atoms with Crippen molar-refractivity contribution in [3.8, 4) is 0 Å². The first-order chi connectivity index (χ1) is 13.1. The molecule has 150 valence electrons. The summed E-state index contributed by atoms with van der Waals surface area (Å²) in [4.78, 5) is 17.8. The fourth-order valence-electron chi connectivity index (χ4n) is 3.35. The van der Waals surface area contributed by atoms with Gasteiger partial charge in [0.15, 0.2) is 5.96 Å². The molecule has 2 N–H and O–H groups in total. The SMILES string of the molecule is CN=C(NCc1ccc(C(=O)N(C)C)cc1)NCc1ccc2c(c1)CCC2.I. The van der Waals surface area contributed by atoms with Crippen molar-refractivity contribution >= 4 is 35.8 Å². The van der Waals surface area contributed by atoms with Crippen molar-refractivity contribution in [2.24, 2.45) is 4.99 Å². The Hall–Kier alpha value is -2.09. The van der Waals surface area contributed by atoms with Crippen LogP contribution in [-0.2, 0) is 25.9 Å². The highest BCUT2D eigenvalue weighted by molar-refractivity contribution is 14.0. The van der Waals surface area contributed by atoms with Gasteiger partial charge in [-0.15, -0.1) is 24.0 Å². The Labute approximate surface area is 184 Å². The molecule has 2 aromatic carbocycles. The number of fused-ring (bicyclic) bond motifs is 1. The summed E-state index contributed by atoms with van der Waals surface area (Å²) >= 11 is 0. The third-order valence-electron chi connectivity index (χ3n) is 4.91. The highest BCUT2D eigenvalue weighted by Gasteiger charge is 2.11. The summed E-state index contributed by atoms with van der Waals surface area (Å²) in [5.41, 5.74) is 6.07. The maximum Gasteiger partial charge on any atom is 0.253 e. The van der Waals surface area contributed by atoms with E-state index in [9.17, 15) is 4.79 Å². The van der Waals surface area contributed by atoms with E-state index in [2.05, 4.69) is 33.8 Å². The summed E-state index contributed by atoms with van der Waals surface area (Å²) in [5.74, 6) is 0.783. The molecule has 0 unspecified atom stereocenters. The van der Waals surface area contributed by atoms with E-state index >= 15 is 0 Å². The summed E-state index contributed by atoms with van der Waals surface area (Å²) in [6, 6.07) is 14.4. The second-order valence-electron chi connectivity index (χ2n) is 7.13. The van der Waals surface area contributed by atoms with Crippen molar-refractivity contribution in [3.63, 3.8) is 0 Å². The third-order valence-corrected chi connectivity index (χ3v) is 4.91. The molecule has 0 atom stereocenters. The molecular formula is C22H29IN4O. The van der Waals surface area contributed by atoms with Crippen molar-refractivity contribution in [2.45, 2.75) is 32.4 Å². The van der Waals surface area contributed by atoms with E-state index < -0.39 is 0 Å². The zero-order valence-electron chi connectivity index (χ0n) is 16.8. The van der Waals surface area contributed by atoms with Crippen LogP contribution in [0.2, 0.25) is 0 Å². The molecule has 0 aliphatic heterocycles. The molecule has 6 heteroatoms. The van der Waals surface area contributed by atoms with Crippen LogP contribution in [0.15, 0.2) is 47.5 Å². The van der Waals surface area contributed by atoms with Gasteiger partial charge in [0, 0.05) is 39.8 Å². The van der Waals surface area contributed by atoms with Gasteiger partial charge in [0.1, 0.15) is 0 Å². The van der Waals surface area contributed by atoms with E-state index in [1.165, 1.54) is 36.0 Å². The predicted molar refractivity (Wildman–Crippen MR) is 125 cm³/mol. The van der Waals surface area contributed by atoms with Crippen LogP contribution in [0.3, 0.4) is 0 Å². The van der Waals surface area contributed by atoms with Gasteiger partial charge in [0.25, 0.3) is 5.91 Å². The van der Waals surface area contributed by atoms with Gasteiger partial charge in [-0.2, -0.15) is 0 Å². The van der Waals surface area contributed by atoms with E-state index in [1.54, 1.807) is 26.0 Å². The number of amides is 1. The molecule has 28 heavy (non-hydrogen) atoms. The number of nitrogens with one attached hydrogen (secondary N) is 2. The lowest BCUT2D eigenvalue weighted by Crippen LogP contribution is -2.36. The predicted octanol–water partition coefficient (Wildman–Crippen LogP) is 3.36. The van der Waals surface area contributed by atoms with Crippen molar-refractivity contribution in [3.05, 3.63) is 70.3 Å². The van der Waals surface area contributed by atoms with Crippen LogP contribution in [0.1, 0.15) is 39.0 Å². The maximum atomic E-state index is 11.9. The Morgan fingerprint density at radius 2 is 1.57 bits per heavy atom. The highest BCUT2D eigenvalue weighted by atomic mass is 127. The van der Waals surface area contributed by atoms with Crippen LogP contribution >= 0.6 is 24.0 Å². The number of carbonyl (C=O) groups is 1. The summed E-state index contributed by atoms with van der Waals surface area (Å²) in [6.45, 7) is 1.41. The molecule has 0 saturated heterocycles. The van der Waals surface area contributed by atoms with Crippen LogP contribution in [0.5, 0.6) is 0 Å². The molecule has 1 aliphatic carbocycles. The number of carbonyl (C=O) groups excluding carboxylic acids is 1. The first-order valence-electron chi connectivity index (χ1n) is 9.42. The van der Waals surface area contributed by atoms with Crippen molar-refractivity contribution in [1.29, 1.82) is 0 Å². The number of benzene rings is 2. The Balaban J connectivity index is 0.00000280. The largest absolute Gasteiger partial charge is 0.352 e. The quantitative estimate of drug-likeness (QED) is 0.383. The van der Waals surface area contributed by atoms with Crippen molar-refractivity contribution < 1.29 is 4.79 Å². The van der Waals surface area contributed by atoms with Gasteiger partial charge in [0.2, 0.25) is 0 Å². The summed E-state index contributed by atoms with van der Waals surface area (Å²) in [6.07, 6.45) is 3.68. The standard InChI is InChI=1S/C22H28N4O.HI/c1-23-22(25-15-17-9-10-18-5-4-6-20(18)13-17)24-14-16-7-11-19(12-8-16)21(27)26(2)3;/h7-13H,4-6,14-15H2,1-3H3,(H2,23,24,25);1H. The van der Waals surface area contributed by atoms with Crippen molar-refractivity contribution in [2.75, 3.05) is 21.1 Å². The number of rotatable bonds is 5. The lowest BCUT2D eigenvalue weighted by molar-refractivity contribution is 0.0827. The molecule has 1 aliphatic rings. The lowest BCUT2D eigenvalue weighted by atomic mass is 10.1. The zero-order chi connectivity index (χ0) is 19.2. The number of guanidine groups is 1. The molecule has 0 aromatic heterocycles. The van der Waals surface area contributed by atoms with Gasteiger partial charge in [-0.3, -0.25) is 9.79 Å². The molecule has 0 spiro atoms. The van der Waals surface area contributed by atoms with E-state index in [4.69, 9.17) is 0 Å². The van der Waals surface area contributed by atoms with E-state index in [1.807, 2.05) is 24.3 Å². The average molecular weight is 492 g/mol. The molecule has 0 fully saturated rings. The monoisotopic (exact) mass is 492 g/mol. The zero-order valence-corrected chi connectivity index (χ0v) is 19.1. The fourth-order valence-corrected chi connectivity index (χ4v) is 3.35. The van der Waals surface area contributed by atoms with Gasteiger partial charge in [-0.25, -0.2) is 0 Å². The van der Waals surface area contributed by atoms with Gasteiger partial charge >= 0.3 is 0 Å². The third kappa shape index (κ3) is 5.70. The Morgan fingerprint density at radius 1 is 0.964 bits per heavy atom. The number of aliphatic imine (C=N–C) groups is 1. The Kier molecular flexibility index (Phi) is 8.29. The summed E-state index contributed by atoms with van der Waals surface area (Å²) in [7, 11) is 5.29. The molecule has 0 heterocycles. The Bertz CT molecular complexity index is 831. The number of hydrogen-bond acceptors (Lipinski definition) is 2. The van der Waals surface area contributed by atoms with Gasteiger partial charge in [0.05, 0.1) is 0 Å². The van der Waals surface area contributed by atoms with Gasteiger partial charge < -0.3 is 15.5 Å². The van der Waals surface area contributed by atoms with E-state index in [-0.39, 0.29) is 29.9 Å². The molecule has 0 bridgehead atoms. The number of nitrogens with zero attached hydrogens (tertiary/aromatic N) is 2. The summed E-state index contributed by atoms with van der Waals surface area (Å²) < 4.78 is 0. The van der Waals surface area contributed by atoms with Gasteiger partial charge in [-0.1, -0.05) is 30.3 Å². The van der Waals surface area contributed by atoms with Crippen LogP contribution in [0, 0.1) is 0 Å². The van der Waals surface area contributed by atoms with Crippen LogP contribution in [0.4, 0.5) is 0 Å². The fraction of sp³-hybridized carbons (Fsp3) is 0.364. The summed E-state index contributed by atoms with van der Waals surface area (Å²) in [5, 5.41) is 6.69. The maximum absolute atomic E-state index is 11.9. The molecular weight excluding hydrogens is 463 g/mol. The average Bonchev–Trinajstić information content (AvgIpc) is 3.15. The van der Waals surface area contributed by atoms with Crippen LogP contribution < -0.4 is 10.6 Å². The normalized spacial score (nSPS) is 12.8. The van der Waals surface area contributed by atoms with Crippen LogP contribution in [0.25, 0.3) is 0 Å². The van der Waals surface area contributed by atoms with Crippen molar-refractivity contribution in [1.82, 2.24) is 15.5 Å². The minimum atomic E-state index is 0. The second-order valence-corrected chi connectivity index (χ2v) is 7.13. The number of halogens is 1.